The average molecular weight is 278 g/mol. The van der Waals surface area contributed by atoms with Crippen LogP contribution in [-0.2, 0) is 16.0 Å². The van der Waals surface area contributed by atoms with Crippen LogP contribution in [0.4, 0.5) is 0 Å². The van der Waals surface area contributed by atoms with Gasteiger partial charge in [0.25, 0.3) is 0 Å². The van der Waals surface area contributed by atoms with Crippen LogP contribution in [0.1, 0.15) is 31.8 Å². The summed E-state index contributed by atoms with van der Waals surface area (Å²) in [6.45, 7) is 4.72. The van der Waals surface area contributed by atoms with E-state index in [-0.39, 0.29) is 24.2 Å². The molecule has 6 heteroatoms. The fraction of sp³-hybridized carbons (Fsp3) is 0.214. The minimum Gasteiger partial charge on any atom is -0.478 e. The molecule has 0 amide bonds. The maximum absolute atomic E-state index is 11.1. The molecule has 0 fully saturated rings. The van der Waals surface area contributed by atoms with Crippen LogP contribution in [-0.4, -0.2) is 34.7 Å². The third-order valence-electron chi connectivity index (χ3n) is 2.82. The third kappa shape index (κ3) is 3.44. The number of benzene rings is 1. The Balaban J connectivity index is 3.09. The third-order valence-corrected chi connectivity index (χ3v) is 2.82. The average Bonchev–Trinajstić information content (AvgIpc) is 2.39. The summed E-state index contributed by atoms with van der Waals surface area (Å²) < 4.78 is 4.79. The standard InChI is InChI=1S/C14H14O6/c1-3-12(15)20-7-6-9-8(2)10(13(16)17)4-5-11(9)14(18)19/h3-5H,1,6-7H2,2H3,(H,16,17)(H,18,19). The van der Waals surface area contributed by atoms with E-state index in [1.165, 1.54) is 19.1 Å². The smallest absolute Gasteiger partial charge is 0.335 e. The zero-order chi connectivity index (χ0) is 15.3. The fourth-order valence-electron chi connectivity index (χ4n) is 1.82. The summed E-state index contributed by atoms with van der Waals surface area (Å²) in [5.41, 5.74) is 0.725. The monoisotopic (exact) mass is 278 g/mol. The predicted molar refractivity (Wildman–Crippen MR) is 70.0 cm³/mol. The van der Waals surface area contributed by atoms with Gasteiger partial charge in [0.15, 0.2) is 0 Å². The number of rotatable bonds is 6. The Morgan fingerprint density at radius 3 is 2.25 bits per heavy atom. The summed E-state index contributed by atoms with van der Waals surface area (Å²) in [5, 5.41) is 18.1. The zero-order valence-corrected chi connectivity index (χ0v) is 10.9. The second kappa shape index (κ2) is 6.51. The van der Waals surface area contributed by atoms with Crippen molar-refractivity contribution in [3.05, 3.63) is 47.0 Å². The van der Waals surface area contributed by atoms with E-state index in [4.69, 9.17) is 14.9 Å². The van der Waals surface area contributed by atoms with Gasteiger partial charge in [-0.3, -0.25) is 0 Å². The molecule has 0 saturated heterocycles. The van der Waals surface area contributed by atoms with Gasteiger partial charge in [-0.2, -0.15) is 0 Å². The predicted octanol–water partition coefficient (Wildman–Crippen LogP) is 1.66. The molecule has 0 heterocycles. The van der Waals surface area contributed by atoms with E-state index in [9.17, 15) is 14.4 Å². The molecule has 1 aromatic carbocycles. The molecule has 0 radical (unpaired) electrons. The normalized spacial score (nSPS) is 9.85. The highest BCUT2D eigenvalue weighted by molar-refractivity contribution is 5.95. The Kier molecular flexibility index (Phi) is 5.02. The Morgan fingerprint density at radius 2 is 1.75 bits per heavy atom. The number of carbonyl (C=O) groups excluding carboxylic acids is 1. The van der Waals surface area contributed by atoms with E-state index in [0.717, 1.165) is 6.08 Å². The summed E-state index contributed by atoms with van der Waals surface area (Å²) in [6, 6.07) is 2.49. The lowest BCUT2D eigenvalue weighted by atomic mass is 9.95. The molecule has 6 nitrogen and oxygen atoms in total. The second-order valence-corrected chi connectivity index (χ2v) is 4.00. The maximum atomic E-state index is 11.1. The van der Waals surface area contributed by atoms with E-state index in [1.54, 1.807) is 0 Å². The Hall–Kier alpha value is -2.63. The van der Waals surface area contributed by atoms with Crippen molar-refractivity contribution in [3.63, 3.8) is 0 Å². The van der Waals surface area contributed by atoms with Gasteiger partial charge in [-0.1, -0.05) is 6.58 Å². The zero-order valence-electron chi connectivity index (χ0n) is 10.9. The number of carboxylic acid groups (broad SMARTS) is 2. The van der Waals surface area contributed by atoms with Crippen molar-refractivity contribution >= 4 is 17.9 Å². The Labute approximate surface area is 115 Å². The first-order valence-electron chi connectivity index (χ1n) is 5.76. The van der Waals surface area contributed by atoms with Crippen molar-refractivity contribution in [1.82, 2.24) is 0 Å². The van der Waals surface area contributed by atoms with Crippen molar-refractivity contribution in [3.8, 4) is 0 Å². The molecule has 0 unspecified atom stereocenters. The Morgan fingerprint density at radius 1 is 1.20 bits per heavy atom. The van der Waals surface area contributed by atoms with Gasteiger partial charge in [-0.15, -0.1) is 0 Å². The highest BCUT2D eigenvalue weighted by Gasteiger charge is 2.18. The fourth-order valence-corrected chi connectivity index (χ4v) is 1.82. The van der Waals surface area contributed by atoms with E-state index in [1.807, 2.05) is 0 Å². The van der Waals surface area contributed by atoms with Crippen LogP contribution in [0, 0.1) is 6.92 Å². The van der Waals surface area contributed by atoms with Crippen LogP contribution >= 0.6 is 0 Å². The SMILES string of the molecule is C=CC(=O)OCCc1c(C(=O)O)ccc(C(=O)O)c1C. The molecule has 0 atom stereocenters. The van der Waals surface area contributed by atoms with Gasteiger partial charge in [0.05, 0.1) is 17.7 Å². The molecule has 0 saturated carbocycles. The van der Waals surface area contributed by atoms with Crippen molar-refractivity contribution < 1.29 is 29.3 Å². The van der Waals surface area contributed by atoms with Gasteiger partial charge in [0.1, 0.15) is 0 Å². The van der Waals surface area contributed by atoms with Gasteiger partial charge < -0.3 is 14.9 Å². The lowest BCUT2D eigenvalue weighted by Crippen LogP contribution is -2.13. The number of carboxylic acids is 2. The topological polar surface area (TPSA) is 101 Å². The summed E-state index contributed by atoms with van der Waals surface area (Å²) in [5.74, 6) is -2.91. The van der Waals surface area contributed by atoms with Crippen LogP contribution < -0.4 is 0 Å². The number of aromatic carboxylic acids is 2. The van der Waals surface area contributed by atoms with Crippen LogP contribution in [0.2, 0.25) is 0 Å². The summed E-state index contributed by atoms with van der Waals surface area (Å²) in [7, 11) is 0. The number of hydrogen-bond donors (Lipinski definition) is 2. The lowest BCUT2D eigenvalue weighted by Gasteiger charge is -2.12. The van der Waals surface area contributed by atoms with E-state index >= 15 is 0 Å². The molecule has 0 aliphatic carbocycles. The minimum atomic E-state index is -1.16. The molecule has 20 heavy (non-hydrogen) atoms. The summed E-state index contributed by atoms with van der Waals surface area (Å²) in [4.78, 5) is 33.1. The Bertz CT molecular complexity index is 573. The van der Waals surface area contributed by atoms with Gasteiger partial charge in [0, 0.05) is 12.5 Å². The first-order valence-corrected chi connectivity index (χ1v) is 5.76. The molecule has 0 spiro atoms. The molecule has 0 aliphatic rings. The van der Waals surface area contributed by atoms with E-state index in [2.05, 4.69) is 6.58 Å². The molecular weight excluding hydrogens is 264 g/mol. The van der Waals surface area contributed by atoms with E-state index < -0.39 is 17.9 Å². The molecule has 0 bridgehead atoms. The highest BCUT2D eigenvalue weighted by Crippen LogP contribution is 2.20. The first kappa shape index (κ1) is 15.4. The maximum Gasteiger partial charge on any atom is 0.335 e. The van der Waals surface area contributed by atoms with Gasteiger partial charge in [0.2, 0.25) is 0 Å². The van der Waals surface area contributed by atoms with E-state index in [0.29, 0.717) is 11.1 Å². The number of carbonyl (C=O) groups is 3. The molecular formula is C14H14O6. The van der Waals surface area contributed by atoms with Gasteiger partial charge in [-0.05, 0) is 30.2 Å². The van der Waals surface area contributed by atoms with Gasteiger partial charge >= 0.3 is 17.9 Å². The number of esters is 1. The molecule has 0 aliphatic heterocycles. The first-order chi connectivity index (χ1) is 9.38. The quantitative estimate of drug-likeness (QED) is 0.606. The van der Waals surface area contributed by atoms with Crippen LogP contribution in [0.5, 0.6) is 0 Å². The van der Waals surface area contributed by atoms with Crippen LogP contribution in [0.15, 0.2) is 24.8 Å². The molecule has 2 N–H and O–H groups in total. The lowest BCUT2D eigenvalue weighted by molar-refractivity contribution is -0.137. The second-order valence-electron chi connectivity index (χ2n) is 4.00. The number of ether oxygens (including phenoxy) is 1. The highest BCUT2D eigenvalue weighted by atomic mass is 16.5. The largest absolute Gasteiger partial charge is 0.478 e. The van der Waals surface area contributed by atoms with Crippen LogP contribution in [0.3, 0.4) is 0 Å². The van der Waals surface area contributed by atoms with Crippen molar-refractivity contribution in [2.45, 2.75) is 13.3 Å². The van der Waals surface area contributed by atoms with Gasteiger partial charge in [-0.25, -0.2) is 14.4 Å². The van der Waals surface area contributed by atoms with Crippen LogP contribution in [0.25, 0.3) is 0 Å². The molecule has 0 aromatic heterocycles. The van der Waals surface area contributed by atoms with Crippen molar-refractivity contribution in [2.75, 3.05) is 6.61 Å². The van der Waals surface area contributed by atoms with Crippen molar-refractivity contribution in [2.24, 2.45) is 0 Å². The molecule has 1 aromatic rings. The summed E-state index contributed by atoms with van der Waals surface area (Å²) >= 11 is 0. The van der Waals surface area contributed by atoms with Crippen molar-refractivity contribution in [1.29, 1.82) is 0 Å². The molecule has 106 valence electrons. The minimum absolute atomic E-state index is 0.00199. The summed E-state index contributed by atoms with van der Waals surface area (Å²) in [6.07, 6.45) is 1.12. The number of hydrogen-bond acceptors (Lipinski definition) is 4. The molecule has 1 rings (SSSR count).